The molecule has 0 bridgehead atoms. The van der Waals surface area contributed by atoms with Gasteiger partial charge < -0.3 is 9.47 Å². The van der Waals surface area contributed by atoms with Crippen LogP contribution in [0.15, 0.2) is 54.9 Å². The fourth-order valence-corrected chi connectivity index (χ4v) is 1.76. The van der Waals surface area contributed by atoms with Crippen LogP contribution < -0.4 is 0 Å². The summed E-state index contributed by atoms with van der Waals surface area (Å²) < 4.78 is 10.3. The van der Waals surface area contributed by atoms with Gasteiger partial charge in [-0.25, -0.2) is 4.79 Å². The first-order chi connectivity index (χ1) is 9.31. The van der Waals surface area contributed by atoms with Crippen LogP contribution in [0, 0.1) is 0 Å². The minimum atomic E-state index is -0.394. The number of methoxy groups -OCH3 is 1. The van der Waals surface area contributed by atoms with Crippen molar-refractivity contribution in [2.24, 2.45) is 0 Å². The average molecular weight is 257 g/mol. The molecule has 1 unspecified atom stereocenters. The Balaban J connectivity index is 2.21. The van der Waals surface area contributed by atoms with Crippen LogP contribution in [0.4, 0.5) is 0 Å². The summed E-state index contributed by atoms with van der Waals surface area (Å²) in [5.41, 5.74) is 1.93. The fourth-order valence-electron chi connectivity index (χ4n) is 1.76. The van der Waals surface area contributed by atoms with E-state index in [9.17, 15) is 4.79 Å². The van der Waals surface area contributed by atoms with Crippen molar-refractivity contribution < 1.29 is 14.3 Å². The highest BCUT2D eigenvalue weighted by Gasteiger charge is 2.16. The highest BCUT2D eigenvalue weighted by molar-refractivity contribution is 5.70. The number of nitrogens with zero attached hydrogens (tertiary/aromatic N) is 1. The molecule has 0 saturated heterocycles. The second-order valence-corrected chi connectivity index (χ2v) is 3.96. The lowest BCUT2D eigenvalue weighted by atomic mass is 10.0. The van der Waals surface area contributed by atoms with E-state index in [2.05, 4.69) is 9.72 Å². The van der Waals surface area contributed by atoms with Crippen molar-refractivity contribution in [3.05, 3.63) is 66.0 Å². The number of hydrogen-bond donors (Lipinski definition) is 0. The lowest BCUT2D eigenvalue weighted by molar-refractivity contribution is -0.147. The largest absolute Gasteiger partial charge is 0.467 e. The molecule has 4 heteroatoms. The minimum Gasteiger partial charge on any atom is -0.467 e. The van der Waals surface area contributed by atoms with Crippen LogP contribution in [-0.2, 0) is 14.3 Å². The van der Waals surface area contributed by atoms with Gasteiger partial charge in [-0.15, -0.1) is 0 Å². The zero-order valence-electron chi connectivity index (χ0n) is 10.7. The monoisotopic (exact) mass is 257 g/mol. The van der Waals surface area contributed by atoms with Crippen LogP contribution in [0.3, 0.4) is 0 Å². The van der Waals surface area contributed by atoms with Crippen molar-refractivity contribution in [3.63, 3.8) is 0 Å². The Hall–Kier alpha value is -2.20. The third kappa shape index (κ3) is 3.63. The molecule has 4 nitrogen and oxygen atoms in total. The van der Waals surface area contributed by atoms with Gasteiger partial charge in [-0.05, 0) is 23.3 Å². The predicted molar refractivity (Wildman–Crippen MR) is 70.5 cm³/mol. The maximum Gasteiger partial charge on any atom is 0.331 e. The maximum absolute atomic E-state index is 11.2. The van der Waals surface area contributed by atoms with Crippen LogP contribution in [-0.4, -0.2) is 24.7 Å². The smallest absolute Gasteiger partial charge is 0.331 e. The molecular weight excluding hydrogens is 242 g/mol. The number of pyridine rings is 1. The molecule has 0 N–H and O–H groups in total. The third-order valence-electron chi connectivity index (χ3n) is 2.71. The van der Waals surface area contributed by atoms with Crippen molar-refractivity contribution in [1.29, 1.82) is 0 Å². The van der Waals surface area contributed by atoms with Gasteiger partial charge in [-0.1, -0.05) is 30.3 Å². The Morgan fingerprint density at radius 3 is 2.37 bits per heavy atom. The number of aromatic nitrogens is 1. The Labute approximate surface area is 112 Å². The molecule has 19 heavy (non-hydrogen) atoms. The van der Waals surface area contributed by atoms with Gasteiger partial charge in [0.15, 0.2) is 0 Å². The predicted octanol–water partition coefficient (Wildman–Crippen LogP) is 2.36. The van der Waals surface area contributed by atoms with Crippen molar-refractivity contribution in [3.8, 4) is 0 Å². The Morgan fingerprint density at radius 2 is 1.74 bits per heavy atom. The Bertz CT molecular complexity index is 474. The summed E-state index contributed by atoms with van der Waals surface area (Å²) in [6.07, 6.45) is 3.10. The molecule has 2 aromatic rings. The van der Waals surface area contributed by atoms with Crippen molar-refractivity contribution in [1.82, 2.24) is 4.98 Å². The van der Waals surface area contributed by atoms with Gasteiger partial charge in [-0.2, -0.15) is 0 Å². The molecule has 2 rings (SSSR count). The zero-order valence-corrected chi connectivity index (χ0v) is 10.7. The number of ether oxygens (including phenoxy) is 2. The second-order valence-electron chi connectivity index (χ2n) is 3.96. The lowest BCUT2D eigenvalue weighted by Gasteiger charge is -2.18. The summed E-state index contributed by atoms with van der Waals surface area (Å²) in [6.45, 7) is -0.0849. The summed E-state index contributed by atoms with van der Waals surface area (Å²) in [4.78, 5) is 15.2. The summed E-state index contributed by atoms with van der Waals surface area (Å²) >= 11 is 0. The second kappa shape index (κ2) is 6.66. The molecule has 0 aliphatic carbocycles. The van der Waals surface area contributed by atoms with E-state index >= 15 is 0 Å². The number of carbonyl (C=O) groups excluding carboxylic acids is 1. The average Bonchev–Trinajstić information content (AvgIpc) is 2.49. The van der Waals surface area contributed by atoms with Crippen LogP contribution in [0.1, 0.15) is 17.2 Å². The first-order valence-electron chi connectivity index (χ1n) is 5.94. The van der Waals surface area contributed by atoms with Gasteiger partial charge in [-0.3, -0.25) is 4.98 Å². The van der Waals surface area contributed by atoms with Gasteiger partial charge in [0.05, 0.1) is 7.11 Å². The van der Waals surface area contributed by atoms with E-state index in [1.807, 2.05) is 42.5 Å². The minimum absolute atomic E-state index is 0.0849. The van der Waals surface area contributed by atoms with Gasteiger partial charge in [0.25, 0.3) is 0 Å². The maximum atomic E-state index is 11.2. The molecule has 0 spiro atoms. The molecule has 0 saturated carbocycles. The highest BCUT2D eigenvalue weighted by Crippen LogP contribution is 2.25. The van der Waals surface area contributed by atoms with Crippen molar-refractivity contribution >= 4 is 5.97 Å². The molecule has 1 atom stereocenters. The third-order valence-corrected chi connectivity index (χ3v) is 2.71. The number of hydrogen-bond acceptors (Lipinski definition) is 4. The first-order valence-corrected chi connectivity index (χ1v) is 5.94. The molecule has 0 fully saturated rings. The molecule has 0 amide bonds. The molecule has 98 valence electrons. The standard InChI is InChI=1S/C15H15NO3/c1-18-14(17)11-19-15(12-5-3-2-4-6-12)13-7-9-16-10-8-13/h2-10,15H,11H2,1H3. The van der Waals surface area contributed by atoms with Crippen molar-refractivity contribution in [2.75, 3.05) is 13.7 Å². The van der Waals surface area contributed by atoms with E-state index in [0.717, 1.165) is 11.1 Å². The molecule has 0 radical (unpaired) electrons. The van der Waals surface area contributed by atoms with Crippen LogP contribution in [0.25, 0.3) is 0 Å². The van der Waals surface area contributed by atoms with Crippen LogP contribution >= 0.6 is 0 Å². The molecule has 1 aromatic heterocycles. The molecular formula is C15H15NO3. The van der Waals surface area contributed by atoms with E-state index in [4.69, 9.17) is 4.74 Å². The Kier molecular flexibility index (Phi) is 4.64. The van der Waals surface area contributed by atoms with E-state index < -0.39 is 5.97 Å². The van der Waals surface area contributed by atoms with E-state index in [0.29, 0.717) is 0 Å². The summed E-state index contributed by atoms with van der Waals surface area (Å²) in [5.74, 6) is -0.394. The molecule has 1 aromatic carbocycles. The van der Waals surface area contributed by atoms with Gasteiger partial charge >= 0.3 is 5.97 Å². The lowest BCUT2D eigenvalue weighted by Crippen LogP contribution is -2.15. The summed E-state index contributed by atoms with van der Waals surface area (Å²) in [5, 5.41) is 0. The first kappa shape index (κ1) is 13.2. The van der Waals surface area contributed by atoms with Gasteiger partial charge in [0.1, 0.15) is 12.7 Å². The summed E-state index contributed by atoms with van der Waals surface area (Å²) in [6, 6.07) is 13.5. The van der Waals surface area contributed by atoms with Gasteiger partial charge in [0, 0.05) is 12.4 Å². The Morgan fingerprint density at radius 1 is 1.11 bits per heavy atom. The van der Waals surface area contributed by atoms with Crippen LogP contribution in [0.5, 0.6) is 0 Å². The summed E-state index contributed by atoms with van der Waals surface area (Å²) in [7, 11) is 1.34. The quantitative estimate of drug-likeness (QED) is 0.771. The van der Waals surface area contributed by atoms with Crippen molar-refractivity contribution in [2.45, 2.75) is 6.10 Å². The van der Waals surface area contributed by atoms with Crippen LogP contribution in [0.2, 0.25) is 0 Å². The van der Waals surface area contributed by atoms with E-state index in [-0.39, 0.29) is 12.7 Å². The molecule has 1 heterocycles. The van der Waals surface area contributed by atoms with E-state index in [1.54, 1.807) is 12.4 Å². The zero-order chi connectivity index (χ0) is 13.5. The number of esters is 1. The fraction of sp³-hybridized carbons (Fsp3) is 0.200. The number of benzene rings is 1. The number of carbonyl (C=O) groups is 1. The highest BCUT2D eigenvalue weighted by atomic mass is 16.6. The van der Waals surface area contributed by atoms with Gasteiger partial charge in [0.2, 0.25) is 0 Å². The normalized spacial score (nSPS) is 11.8. The SMILES string of the molecule is COC(=O)COC(c1ccccc1)c1ccncc1. The molecule has 0 aliphatic heterocycles. The van der Waals surface area contributed by atoms with E-state index in [1.165, 1.54) is 7.11 Å². The topological polar surface area (TPSA) is 48.4 Å². The molecule has 0 aliphatic rings. The number of rotatable bonds is 5.